The Morgan fingerprint density at radius 1 is 1.53 bits per heavy atom. The van der Waals surface area contributed by atoms with Gasteiger partial charge >= 0.3 is 6.03 Å². The zero-order valence-electron chi connectivity index (χ0n) is 8.99. The summed E-state index contributed by atoms with van der Waals surface area (Å²) in [5.41, 5.74) is 0. The van der Waals surface area contributed by atoms with Crippen LogP contribution in [0.2, 0.25) is 0 Å². The van der Waals surface area contributed by atoms with Crippen molar-refractivity contribution < 1.29 is 29.2 Å². The Labute approximate surface area is 96.8 Å². The Balaban J connectivity index is 2.05. The van der Waals surface area contributed by atoms with Gasteiger partial charge in [-0.25, -0.2) is 9.18 Å². The summed E-state index contributed by atoms with van der Waals surface area (Å²) < 4.78 is 18.8. The Morgan fingerprint density at radius 3 is 2.76 bits per heavy atom. The summed E-state index contributed by atoms with van der Waals surface area (Å²) in [5, 5.41) is 29.7. The van der Waals surface area contributed by atoms with Crippen molar-refractivity contribution in [3.05, 3.63) is 0 Å². The Hall–Kier alpha value is -0.960. The highest BCUT2D eigenvalue weighted by Crippen LogP contribution is 2.27. The van der Waals surface area contributed by atoms with Gasteiger partial charge in [0, 0.05) is 13.0 Å². The highest BCUT2D eigenvalue weighted by Gasteiger charge is 2.48. The second-order valence-electron chi connectivity index (χ2n) is 4.13. The van der Waals surface area contributed by atoms with Crippen molar-refractivity contribution in [2.24, 2.45) is 0 Å². The molecule has 0 saturated carbocycles. The van der Waals surface area contributed by atoms with Gasteiger partial charge in [-0.2, -0.15) is 0 Å². The number of nitrogens with zero attached hydrogens (tertiary/aromatic N) is 1. The van der Waals surface area contributed by atoms with Crippen molar-refractivity contribution in [1.29, 1.82) is 0 Å². The fourth-order valence-electron chi connectivity index (χ4n) is 2.01. The van der Waals surface area contributed by atoms with Crippen LogP contribution < -0.4 is 5.32 Å². The zero-order chi connectivity index (χ0) is 12.6. The first-order valence-corrected chi connectivity index (χ1v) is 5.38. The van der Waals surface area contributed by atoms with Crippen LogP contribution in [0.1, 0.15) is 6.42 Å². The van der Waals surface area contributed by atoms with Crippen molar-refractivity contribution in [3.63, 3.8) is 0 Å². The van der Waals surface area contributed by atoms with Crippen LogP contribution >= 0.6 is 0 Å². The number of urea groups is 1. The van der Waals surface area contributed by atoms with Crippen LogP contribution in [0.15, 0.2) is 0 Å². The van der Waals surface area contributed by atoms with Crippen molar-refractivity contribution >= 4 is 6.03 Å². The van der Waals surface area contributed by atoms with Crippen molar-refractivity contribution in [3.8, 4) is 0 Å². The largest absolute Gasteiger partial charge is 0.394 e. The zero-order valence-corrected chi connectivity index (χ0v) is 8.99. The van der Waals surface area contributed by atoms with Crippen LogP contribution in [0.4, 0.5) is 9.18 Å². The molecule has 8 heteroatoms. The van der Waals surface area contributed by atoms with Gasteiger partial charge in [0.05, 0.1) is 6.61 Å². The predicted octanol–water partition coefficient (Wildman–Crippen LogP) is -1.86. The summed E-state index contributed by atoms with van der Waals surface area (Å²) in [5.74, 6) is 0. The molecule has 0 aromatic rings. The number of rotatable bonds is 2. The van der Waals surface area contributed by atoms with Crippen LogP contribution in [0.25, 0.3) is 0 Å². The molecule has 2 aliphatic rings. The molecule has 2 saturated heterocycles. The second-order valence-corrected chi connectivity index (χ2v) is 4.13. The number of nitrogens with one attached hydrogen (secondary N) is 1. The Morgan fingerprint density at radius 2 is 2.24 bits per heavy atom. The topological polar surface area (TPSA) is 102 Å². The van der Waals surface area contributed by atoms with E-state index in [1.807, 2.05) is 0 Å². The van der Waals surface area contributed by atoms with E-state index in [1.54, 1.807) is 0 Å². The molecule has 0 aromatic carbocycles. The van der Waals surface area contributed by atoms with E-state index in [9.17, 15) is 19.4 Å². The predicted molar refractivity (Wildman–Crippen MR) is 52.5 cm³/mol. The van der Waals surface area contributed by atoms with Crippen LogP contribution in [0, 0.1) is 0 Å². The number of hydrogen-bond acceptors (Lipinski definition) is 5. The van der Waals surface area contributed by atoms with Gasteiger partial charge in [0.1, 0.15) is 18.4 Å². The van der Waals surface area contributed by atoms with Gasteiger partial charge in [0.15, 0.2) is 12.4 Å². The number of aliphatic hydroxyl groups excluding tert-OH is 3. The minimum absolute atomic E-state index is 0.128. The standard InChI is InChI=1S/C9H15FN2O5/c10-6-7(15)4(3-13)17-8(6)12-2-1-5(14)11-9(12)16/h4-8,13-15H,1-3H2,(H,11,16)/t4-,5-,6?,7-,8?/m1/s1. The van der Waals surface area contributed by atoms with E-state index < -0.39 is 43.5 Å². The molecule has 2 heterocycles. The van der Waals surface area contributed by atoms with Gasteiger partial charge in [-0.1, -0.05) is 0 Å². The fraction of sp³-hybridized carbons (Fsp3) is 0.889. The maximum Gasteiger partial charge on any atom is 0.321 e. The van der Waals surface area contributed by atoms with E-state index >= 15 is 0 Å². The molecule has 17 heavy (non-hydrogen) atoms. The highest BCUT2D eigenvalue weighted by molar-refractivity contribution is 5.75. The van der Waals surface area contributed by atoms with Gasteiger partial charge in [-0.15, -0.1) is 0 Å². The Bertz CT molecular complexity index is 305. The molecule has 98 valence electrons. The van der Waals surface area contributed by atoms with Gasteiger partial charge in [0.2, 0.25) is 0 Å². The minimum atomic E-state index is -1.77. The molecule has 2 unspecified atom stereocenters. The number of ether oxygens (including phenoxy) is 1. The van der Waals surface area contributed by atoms with Crippen molar-refractivity contribution in [2.45, 2.75) is 37.3 Å². The maximum absolute atomic E-state index is 13.7. The first-order chi connectivity index (χ1) is 8.04. The fourth-order valence-corrected chi connectivity index (χ4v) is 2.01. The van der Waals surface area contributed by atoms with E-state index in [1.165, 1.54) is 0 Å². The lowest BCUT2D eigenvalue weighted by atomic mass is 10.1. The van der Waals surface area contributed by atoms with E-state index in [0.29, 0.717) is 0 Å². The maximum atomic E-state index is 13.7. The number of halogens is 1. The number of alkyl halides is 1. The Kier molecular flexibility index (Phi) is 3.48. The summed E-state index contributed by atoms with van der Waals surface area (Å²) >= 11 is 0. The average Bonchev–Trinajstić information content (AvgIpc) is 2.57. The first-order valence-electron chi connectivity index (χ1n) is 5.38. The third-order valence-electron chi connectivity index (χ3n) is 2.98. The number of hydrogen-bond donors (Lipinski definition) is 4. The minimum Gasteiger partial charge on any atom is -0.394 e. The third-order valence-corrected chi connectivity index (χ3v) is 2.98. The summed E-state index contributed by atoms with van der Waals surface area (Å²) in [6, 6.07) is -0.651. The second kappa shape index (κ2) is 4.73. The molecule has 2 amide bonds. The molecule has 0 aliphatic carbocycles. The lowest BCUT2D eigenvalue weighted by molar-refractivity contribution is -0.0804. The molecule has 0 bridgehead atoms. The van der Waals surface area contributed by atoms with Crippen LogP contribution in [0.5, 0.6) is 0 Å². The van der Waals surface area contributed by atoms with E-state index in [0.717, 1.165) is 4.90 Å². The molecular formula is C9H15FN2O5. The normalized spacial score (nSPS) is 42.7. The quantitative estimate of drug-likeness (QED) is 0.460. The molecule has 5 atom stereocenters. The SMILES string of the molecule is O=C1N[C@H](O)CCN1C1O[C@H](CO)[C@@H](O)C1F. The van der Waals surface area contributed by atoms with E-state index in [2.05, 4.69) is 5.32 Å². The van der Waals surface area contributed by atoms with Crippen LogP contribution in [0.3, 0.4) is 0 Å². The van der Waals surface area contributed by atoms with Crippen molar-refractivity contribution in [2.75, 3.05) is 13.2 Å². The molecule has 2 rings (SSSR count). The summed E-state index contributed by atoms with van der Waals surface area (Å²) in [6.07, 6.45) is -6.18. The third kappa shape index (κ3) is 2.21. The molecule has 2 fully saturated rings. The molecule has 4 N–H and O–H groups in total. The van der Waals surface area contributed by atoms with Crippen LogP contribution in [-0.4, -0.2) is 70.2 Å². The van der Waals surface area contributed by atoms with Gasteiger partial charge in [-0.3, -0.25) is 4.90 Å². The monoisotopic (exact) mass is 250 g/mol. The van der Waals surface area contributed by atoms with Gasteiger partial charge < -0.3 is 25.4 Å². The highest BCUT2D eigenvalue weighted by atomic mass is 19.1. The molecule has 2 aliphatic heterocycles. The summed E-state index contributed by atoms with van der Waals surface area (Å²) in [4.78, 5) is 12.6. The number of amides is 2. The lowest BCUT2D eigenvalue weighted by Crippen LogP contribution is -2.57. The lowest BCUT2D eigenvalue weighted by Gasteiger charge is -2.34. The summed E-state index contributed by atoms with van der Waals surface area (Å²) in [6.45, 7) is -0.390. The van der Waals surface area contributed by atoms with Gasteiger partial charge in [0.25, 0.3) is 0 Å². The first kappa shape index (κ1) is 12.5. The average molecular weight is 250 g/mol. The molecule has 7 nitrogen and oxygen atoms in total. The van der Waals surface area contributed by atoms with Crippen LogP contribution in [-0.2, 0) is 4.74 Å². The number of carbonyl (C=O) groups is 1. The van der Waals surface area contributed by atoms with Crippen molar-refractivity contribution in [1.82, 2.24) is 10.2 Å². The number of aliphatic hydroxyl groups is 3. The summed E-state index contributed by atoms with van der Waals surface area (Å²) in [7, 11) is 0. The molecule has 0 spiro atoms. The van der Waals surface area contributed by atoms with E-state index in [4.69, 9.17) is 9.84 Å². The smallest absolute Gasteiger partial charge is 0.321 e. The van der Waals surface area contributed by atoms with E-state index in [-0.39, 0.29) is 13.0 Å². The van der Waals surface area contributed by atoms with Gasteiger partial charge in [-0.05, 0) is 0 Å². The molecule has 0 radical (unpaired) electrons. The number of carbonyl (C=O) groups excluding carboxylic acids is 1. The molecule has 0 aromatic heterocycles. The molecular weight excluding hydrogens is 235 g/mol.